The molecule has 0 saturated heterocycles. The van der Waals surface area contributed by atoms with Gasteiger partial charge in [0.05, 0.1) is 5.69 Å². The van der Waals surface area contributed by atoms with Gasteiger partial charge in [0.1, 0.15) is 0 Å². The van der Waals surface area contributed by atoms with Crippen LogP contribution in [0.25, 0.3) is 84.2 Å². The first-order valence-electron chi connectivity index (χ1n) is 16.7. The largest absolute Gasteiger partial charge is 0.256 e. The van der Waals surface area contributed by atoms with Gasteiger partial charge in [-0.15, -0.1) is 0 Å². The van der Waals surface area contributed by atoms with Crippen molar-refractivity contribution in [3.63, 3.8) is 0 Å². The first kappa shape index (κ1) is 30.1. The number of nitrogens with zero attached hydrogens (tertiary/aromatic N) is 4. The molecule has 0 atom stereocenters. The van der Waals surface area contributed by atoms with Gasteiger partial charge in [-0.3, -0.25) is 4.98 Å². The molecule has 2 heterocycles. The zero-order chi connectivity index (χ0) is 33.2. The van der Waals surface area contributed by atoms with Crippen molar-refractivity contribution in [3.8, 4) is 56.5 Å². The number of aromatic nitrogens is 4. The van der Waals surface area contributed by atoms with Crippen LogP contribution in [0, 0.1) is 6.92 Å². The molecular weight excluding hydrogens is 597 g/mol. The van der Waals surface area contributed by atoms with Crippen LogP contribution in [0.2, 0.25) is 0 Å². The summed E-state index contributed by atoms with van der Waals surface area (Å²) >= 11 is 0. The number of pyridine rings is 1. The van der Waals surface area contributed by atoms with Gasteiger partial charge in [-0.25, -0.2) is 15.0 Å². The second-order valence-electron chi connectivity index (χ2n) is 12.3. The predicted molar refractivity (Wildman–Crippen MR) is 204 cm³/mol. The highest BCUT2D eigenvalue weighted by molar-refractivity contribution is 5.98. The molecule has 4 heteroatoms. The number of hydrogen-bond acceptors (Lipinski definition) is 4. The molecule has 0 radical (unpaired) electrons. The van der Waals surface area contributed by atoms with Gasteiger partial charge in [0, 0.05) is 33.8 Å². The zero-order valence-electron chi connectivity index (χ0n) is 27.5. The summed E-state index contributed by atoms with van der Waals surface area (Å²) in [6.45, 7) is 4.35. The van der Waals surface area contributed by atoms with E-state index in [1.165, 1.54) is 21.9 Å². The van der Waals surface area contributed by atoms with Gasteiger partial charge in [0.15, 0.2) is 17.5 Å². The van der Waals surface area contributed by atoms with Crippen molar-refractivity contribution in [2.24, 2.45) is 0 Å². The molecule has 8 rings (SSSR count). The van der Waals surface area contributed by atoms with Crippen molar-refractivity contribution in [3.05, 3.63) is 163 Å². The lowest BCUT2D eigenvalue weighted by Gasteiger charge is -2.14. The van der Waals surface area contributed by atoms with Crippen molar-refractivity contribution < 1.29 is 0 Å². The summed E-state index contributed by atoms with van der Waals surface area (Å²) in [6, 6.07) is 48.5. The van der Waals surface area contributed by atoms with Crippen molar-refractivity contribution in [2.75, 3.05) is 0 Å². The molecule has 8 aromatic rings. The number of fused-ring (bicyclic) bond motifs is 2. The van der Waals surface area contributed by atoms with Crippen LogP contribution >= 0.6 is 0 Å². The Bertz CT molecular complexity index is 2420. The predicted octanol–water partition coefficient (Wildman–Crippen LogP) is 11.6. The second-order valence-corrected chi connectivity index (χ2v) is 12.3. The molecule has 0 aliphatic rings. The average molecular weight is 631 g/mol. The molecule has 0 amide bonds. The Balaban J connectivity index is 1.37. The smallest absolute Gasteiger partial charge is 0.164 e. The molecule has 0 saturated carbocycles. The fourth-order valence-corrected chi connectivity index (χ4v) is 6.45. The third kappa shape index (κ3) is 6.01. The summed E-state index contributed by atoms with van der Waals surface area (Å²) in [4.78, 5) is 20.0. The number of benzene rings is 6. The first-order chi connectivity index (χ1) is 24.1. The van der Waals surface area contributed by atoms with Gasteiger partial charge >= 0.3 is 0 Å². The van der Waals surface area contributed by atoms with Crippen LogP contribution in [0.5, 0.6) is 0 Å². The van der Waals surface area contributed by atoms with Crippen LogP contribution < -0.4 is 0 Å². The molecule has 0 aliphatic carbocycles. The van der Waals surface area contributed by atoms with E-state index in [9.17, 15) is 0 Å². The van der Waals surface area contributed by atoms with Crippen LogP contribution in [-0.4, -0.2) is 19.9 Å². The van der Waals surface area contributed by atoms with Gasteiger partial charge in [0.25, 0.3) is 0 Å². The van der Waals surface area contributed by atoms with E-state index in [0.29, 0.717) is 17.5 Å². The highest BCUT2D eigenvalue weighted by Gasteiger charge is 2.16. The average Bonchev–Trinajstić information content (AvgIpc) is 3.17. The summed E-state index contributed by atoms with van der Waals surface area (Å²) in [7, 11) is 0. The van der Waals surface area contributed by atoms with Gasteiger partial charge in [-0.2, -0.15) is 0 Å². The fraction of sp³-hybridized carbons (Fsp3) is 0.0667. The highest BCUT2D eigenvalue weighted by atomic mass is 15.0. The Labute approximate surface area is 286 Å². The minimum atomic E-state index is 0.611. The molecule has 0 aliphatic heterocycles. The summed E-state index contributed by atoms with van der Waals surface area (Å²) in [5, 5.41) is 4.69. The van der Waals surface area contributed by atoms with Gasteiger partial charge in [-0.05, 0) is 82.1 Å². The molecule has 4 nitrogen and oxygen atoms in total. The first-order valence-corrected chi connectivity index (χ1v) is 16.7. The standard InChI is InChI=1S/C45H34N4/c1-3-4-18-39-30(2)20-21-35-26-34(22-23-40(35)39)36-27-37(42-41-19-12-11-13-31(41)24-25-46-42)29-38(28-36)45-48-43(32-14-7-5-8-15-32)47-44(49-45)33-16-9-6-10-17-33/h4-29H,3H2,1-2H3/b18-4-. The van der Waals surface area contributed by atoms with E-state index in [-0.39, 0.29) is 0 Å². The van der Waals surface area contributed by atoms with Crippen molar-refractivity contribution >= 4 is 27.6 Å². The molecule has 2 aromatic heterocycles. The van der Waals surface area contributed by atoms with Gasteiger partial charge < -0.3 is 0 Å². The van der Waals surface area contributed by atoms with E-state index in [1.54, 1.807) is 0 Å². The summed E-state index contributed by atoms with van der Waals surface area (Å²) < 4.78 is 0. The van der Waals surface area contributed by atoms with Crippen LogP contribution in [0.15, 0.2) is 152 Å². The van der Waals surface area contributed by atoms with Crippen LogP contribution in [-0.2, 0) is 0 Å². The summed E-state index contributed by atoms with van der Waals surface area (Å²) in [5.74, 6) is 1.88. The normalized spacial score (nSPS) is 11.5. The Hall–Kier alpha value is -6.26. The van der Waals surface area contributed by atoms with E-state index in [1.807, 2.05) is 66.9 Å². The van der Waals surface area contributed by atoms with E-state index >= 15 is 0 Å². The van der Waals surface area contributed by atoms with Crippen molar-refractivity contribution in [1.29, 1.82) is 0 Å². The Morgan fingerprint density at radius 1 is 0.490 bits per heavy atom. The maximum Gasteiger partial charge on any atom is 0.164 e. The number of rotatable bonds is 7. The van der Waals surface area contributed by atoms with E-state index < -0.39 is 0 Å². The lowest BCUT2D eigenvalue weighted by molar-refractivity contribution is 1.07. The fourth-order valence-electron chi connectivity index (χ4n) is 6.45. The highest BCUT2D eigenvalue weighted by Crippen LogP contribution is 2.36. The molecular formula is C45H34N4. The van der Waals surface area contributed by atoms with E-state index in [0.717, 1.165) is 56.3 Å². The molecule has 49 heavy (non-hydrogen) atoms. The van der Waals surface area contributed by atoms with Gasteiger partial charge in [0.2, 0.25) is 0 Å². The Morgan fingerprint density at radius 3 is 1.84 bits per heavy atom. The number of aryl methyl sites for hydroxylation is 1. The molecule has 6 aromatic carbocycles. The number of hydrogen-bond donors (Lipinski definition) is 0. The second kappa shape index (κ2) is 13.1. The van der Waals surface area contributed by atoms with Crippen molar-refractivity contribution in [1.82, 2.24) is 19.9 Å². The summed E-state index contributed by atoms with van der Waals surface area (Å²) in [6.07, 6.45) is 7.36. The van der Waals surface area contributed by atoms with Crippen LogP contribution in [0.4, 0.5) is 0 Å². The topological polar surface area (TPSA) is 51.6 Å². The van der Waals surface area contributed by atoms with Crippen LogP contribution in [0.3, 0.4) is 0 Å². The minimum Gasteiger partial charge on any atom is -0.256 e. The number of allylic oxidation sites excluding steroid dienone is 1. The van der Waals surface area contributed by atoms with E-state index in [4.69, 9.17) is 19.9 Å². The molecule has 0 bridgehead atoms. The van der Waals surface area contributed by atoms with Crippen LogP contribution in [0.1, 0.15) is 24.5 Å². The lowest BCUT2D eigenvalue weighted by atomic mass is 9.93. The third-order valence-electron chi connectivity index (χ3n) is 8.97. The molecule has 0 N–H and O–H groups in total. The quantitative estimate of drug-likeness (QED) is 0.176. The third-order valence-corrected chi connectivity index (χ3v) is 8.97. The van der Waals surface area contributed by atoms with Crippen molar-refractivity contribution in [2.45, 2.75) is 20.3 Å². The monoisotopic (exact) mass is 630 g/mol. The maximum atomic E-state index is 5.08. The zero-order valence-corrected chi connectivity index (χ0v) is 27.5. The molecule has 0 unspecified atom stereocenters. The molecule has 234 valence electrons. The maximum absolute atomic E-state index is 5.08. The molecule has 0 fully saturated rings. The SMILES string of the molecule is CC/C=C\c1c(C)ccc2cc(-c3cc(-c4nc(-c5ccccc5)nc(-c5ccccc5)n4)cc(-c4nccc5ccccc45)c3)ccc12. The minimum absolute atomic E-state index is 0.611. The lowest BCUT2D eigenvalue weighted by Crippen LogP contribution is -2.00. The Morgan fingerprint density at radius 2 is 1.12 bits per heavy atom. The van der Waals surface area contributed by atoms with Gasteiger partial charge in [-0.1, -0.05) is 128 Å². The summed E-state index contributed by atoms with van der Waals surface area (Å²) in [5.41, 5.74) is 9.43. The molecule has 0 spiro atoms. The Kier molecular flexibility index (Phi) is 8.04. The van der Waals surface area contributed by atoms with E-state index in [2.05, 4.69) is 105 Å².